The third-order valence-corrected chi connectivity index (χ3v) is 7.06. The fourth-order valence-electron chi connectivity index (χ4n) is 4.62. The van der Waals surface area contributed by atoms with Crippen molar-refractivity contribution < 1.29 is 23.1 Å². The fraction of sp³-hybridized carbons (Fsp3) is 0.700. The van der Waals surface area contributed by atoms with Gasteiger partial charge in [0.15, 0.2) is 5.78 Å². The van der Waals surface area contributed by atoms with Crippen LogP contribution in [0.4, 0.5) is 13.6 Å². The third-order valence-electron chi connectivity index (χ3n) is 5.75. The van der Waals surface area contributed by atoms with Crippen LogP contribution in [0.1, 0.15) is 51.3 Å². The third kappa shape index (κ3) is 4.91. The molecular formula is C20H27ClF2N2O3S. The largest absolute Gasteiger partial charge is 0.444 e. The van der Waals surface area contributed by atoms with Crippen molar-refractivity contribution in [1.29, 1.82) is 0 Å². The first-order chi connectivity index (χ1) is 13.4. The summed E-state index contributed by atoms with van der Waals surface area (Å²) in [5.41, 5.74) is 5.18. The Bertz CT molecular complexity index is 766. The van der Waals surface area contributed by atoms with E-state index in [0.29, 0.717) is 12.8 Å². The number of ketones is 1. The average molecular weight is 449 g/mol. The Morgan fingerprint density at radius 2 is 1.83 bits per heavy atom. The van der Waals surface area contributed by atoms with Crippen molar-refractivity contribution in [2.75, 3.05) is 0 Å². The van der Waals surface area contributed by atoms with Gasteiger partial charge in [-0.1, -0.05) is 11.6 Å². The average Bonchev–Trinajstić information content (AvgIpc) is 3.13. The Kier molecular flexibility index (Phi) is 6.28. The predicted molar refractivity (Wildman–Crippen MR) is 108 cm³/mol. The Labute approximate surface area is 178 Å². The molecule has 29 heavy (non-hydrogen) atoms. The van der Waals surface area contributed by atoms with Gasteiger partial charge in [0, 0.05) is 12.0 Å². The van der Waals surface area contributed by atoms with Crippen LogP contribution < -0.4 is 11.1 Å². The van der Waals surface area contributed by atoms with Gasteiger partial charge in [-0.05, 0) is 70.4 Å². The lowest BCUT2D eigenvalue weighted by molar-refractivity contribution is -0.137. The number of amides is 1. The number of hydrogen-bond donors (Lipinski definition) is 2. The molecule has 5 nitrogen and oxygen atoms in total. The van der Waals surface area contributed by atoms with Crippen LogP contribution in [0.5, 0.6) is 0 Å². The zero-order valence-corrected chi connectivity index (χ0v) is 18.3. The number of carbonyl (C=O) groups excluding carboxylic acids is 2. The van der Waals surface area contributed by atoms with E-state index in [0.717, 1.165) is 24.2 Å². The molecule has 0 aliphatic heterocycles. The van der Waals surface area contributed by atoms with Crippen molar-refractivity contribution in [3.05, 3.63) is 21.3 Å². The number of ether oxygens (including phenoxy) is 1. The Balaban J connectivity index is 1.66. The second kappa shape index (κ2) is 8.12. The lowest BCUT2D eigenvalue weighted by Crippen LogP contribution is -2.52. The lowest BCUT2D eigenvalue weighted by atomic mass is 9.72. The summed E-state index contributed by atoms with van der Waals surface area (Å²) in [5, 5.41) is 2.86. The highest BCUT2D eigenvalue weighted by molar-refractivity contribution is 7.16. The molecule has 2 bridgehead atoms. The number of alkyl carbamates (subject to hydrolysis) is 1. The number of fused-ring (bicyclic) bond motifs is 2. The number of Topliss-reactive ketones (excluding diaryl/α,β-unsaturated/α-hetero) is 1. The topological polar surface area (TPSA) is 81.4 Å². The summed E-state index contributed by atoms with van der Waals surface area (Å²) in [6.45, 7) is 5.36. The molecule has 1 aromatic rings. The predicted octanol–water partition coefficient (Wildman–Crippen LogP) is 4.72. The van der Waals surface area contributed by atoms with Crippen LogP contribution in [-0.4, -0.2) is 29.6 Å². The molecule has 2 fully saturated rings. The fourth-order valence-corrected chi connectivity index (χ4v) is 5.68. The van der Waals surface area contributed by atoms with Gasteiger partial charge >= 0.3 is 12.0 Å². The molecule has 0 spiro atoms. The Morgan fingerprint density at radius 3 is 2.31 bits per heavy atom. The molecule has 9 heteroatoms. The molecule has 3 N–H and O–H groups in total. The zero-order chi connectivity index (χ0) is 21.6. The van der Waals surface area contributed by atoms with E-state index in [1.54, 1.807) is 20.8 Å². The van der Waals surface area contributed by atoms with E-state index in [9.17, 15) is 18.4 Å². The van der Waals surface area contributed by atoms with Gasteiger partial charge in [0.1, 0.15) is 11.6 Å². The van der Waals surface area contributed by atoms with Gasteiger partial charge in [-0.2, -0.15) is 8.78 Å². The Morgan fingerprint density at radius 1 is 1.24 bits per heavy atom. The number of halogens is 3. The number of hydrogen-bond acceptors (Lipinski definition) is 5. The molecule has 1 aromatic heterocycles. The minimum absolute atomic E-state index is 0.0602. The van der Waals surface area contributed by atoms with Crippen LogP contribution >= 0.6 is 22.9 Å². The zero-order valence-electron chi connectivity index (χ0n) is 16.7. The van der Waals surface area contributed by atoms with Crippen molar-refractivity contribution >= 4 is 34.8 Å². The van der Waals surface area contributed by atoms with E-state index in [1.807, 2.05) is 0 Å². The van der Waals surface area contributed by atoms with Crippen molar-refractivity contribution in [2.45, 2.75) is 70.1 Å². The first-order valence-corrected chi connectivity index (χ1v) is 11.0. The molecule has 3 rings (SSSR count). The maximum atomic E-state index is 14.8. The summed E-state index contributed by atoms with van der Waals surface area (Å²) in [4.78, 5) is 24.7. The van der Waals surface area contributed by atoms with E-state index >= 15 is 0 Å². The highest BCUT2D eigenvalue weighted by atomic mass is 35.5. The smallest absolute Gasteiger partial charge is 0.407 e. The van der Waals surface area contributed by atoms with Gasteiger partial charge in [-0.15, -0.1) is 11.3 Å². The minimum Gasteiger partial charge on any atom is -0.444 e. The normalized spacial score (nSPS) is 28.1. The molecule has 2 aliphatic carbocycles. The standard InChI is InChI=1S/C20H27ClF2N2O3S/c1-19(2,3)28-18(27)25-12-8-10-4-5-11(9-12)15(10)16(26)17(24)20(22,23)13-6-7-14(21)29-13/h6-7,10-12,15,17H,4-5,8-9,24H2,1-3H3,(H,25,27). The molecule has 0 aromatic carbocycles. The van der Waals surface area contributed by atoms with Crippen molar-refractivity contribution in [3.63, 3.8) is 0 Å². The second-order valence-electron chi connectivity index (χ2n) is 9.04. The monoisotopic (exact) mass is 448 g/mol. The lowest BCUT2D eigenvalue weighted by Gasteiger charge is -2.37. The van der Waals surface area contributed by atoms with E-state index in [4.69, 9.17) is 22.1 Å². The van der Waals surface area contributed by atoms with Gasteiger partial charge in [-0.25, -0.2) is 4.79 Å². The highest BCUT2D eigenvalue weighted by Gasteiger charge is 2.53. The van der Waals surface area contributed by atoms with Crippen LogP contribution in [0.2, 0.25) is 4.34 Å². The molecule has 1 amide bonds. The van der Waals surface area contributed by atoms with Crippen LogP contribution in [0.25, 0.3) is 0 Å². The maximum Gasteiger partial charge on any atom is 0.407 e. The SMILES string of the molecule is CC(C)(C)OC(=O)NC1CC2CCC(C1)C2C(=O)C(N)C(F)(F)c1ccc(Cl)s1. The number of nitrogens with two attached hydrogens (primary N) is 1. The number of nitrogens with one attached hydrogen (secondary N) is 1. The van der Waals surface area contributed by atoms with E-state index in [1.165, 1.54) is 12.1 Å². The molecule has 2 aliphatic rings. The summed E-state index contributed by atoms with van der Waals surface area (Å²) in [6.07, 6.45) is 2.18. The van der Waals surface area contributed by atoms with Crippen molar-refractivity contribution in [1.82, 2.24) is 5.32 Å². The molecular weight excluding hydrogens is 422 g/mol. The van der Waals surface area contributed by atoms with Gasteiger partial charge in [0.05, 0.1) is 9.21 Å². The van der Waals surface area contributed by atoms with Gasteiger partial charge in [0.2, 0.25) is 0 Å². The molecule has 162 valence electrons. The highest BCUT2D eigenvalue weighted by Crippen LogP contribution is 2.49. The van der Waals surface area contributed by atoms with Gasteiger partial charge in [0.25, 0.3) is 0 Å². The van der Waals surface area contributed by atoms with Crippen molar-refractivity contribution in [3.8, 4) is 0 Å². The number of rotatable bonds is 5. The van der Waals surface area contributed by atoms with Gasteiger partial charge in [-0.3, -0.25) is 4.79 Å². The maximum absolute atomic E-state index is 14.8. The van der Waals surface area contributed by atoms with E-state index < -0.39 is 35.4 Å². The van der Waals surface area contributed by atoms with E-state index in [-0.39, 0.29) is 27.1 Å². The molecule has 3 unspecified atom stereocenters. The quantitative estimate of drug-likeness (QED) is 0.682. The molecule has 3 atom stereocenters. The number of thiophene rings is 1. The first kappa shape index (κ1) is 22.4. The van der Waals surface area contributed by atoms with Crippen molar-refractivity contribution in [2.24, 2.45) is 23.5 Å². The second-order valence-corrected chi connectivity index (χ2v) is 10.8. The Hall–Kier alpha value is -1.25. The van der Waals surface area contributed by atoms with E-state index in [2.05, 4.69) is 5.32 Å². The molecule has 1 heterocycles. The summed E-state index contributed by atoms with van der Waals surface area (Å²) in [6, 6.07) is 0.570. The molecule has 0 radical (unpaired) electrons. The summed E-state index contributed by atoms with van der Waals surface area (Å²) in [5.74, 6) is -4.67. The number of carbonyl (C=O) groups is 2. The number of alkyl halides is 2. The van der Waals surface area contributed by atoms with Crippen LogP contribution in [0.3, 0.4) is 0 Å². The summed E-state index contributed by atoms with van der Waals surface area (Å²) in [7, 11) is 0. The minimum atomic E-state index is -3.46. The summed E-state index contributed by atoms with van der Waals surface area (Å²) < 4.78 is 35.1. The first-order valence-electron chi connectivity index (χ1n) is 9.81. The van der Waals surface area contributed by atoms with Crippen LogP contribution in [0, 0.1) is 17.8 Å². The van der Waals surface area contributed by atoms with Crippen LogP contribution in [0.15, 0.2) is 12.1 Å². The van der Waals surface area contributed by atoms with Crippen LogP contribution in [-0.2, 0) is 15.5 Å². The summed E-state index contributed by atoms with van der Waals surface area (Å²) >= 11 is 6.51. The van der Waals surface area contributed by atoms with Gasteiger partial charge < -0.3 is 15.8 Å². The molecule has 2 saturated carbocycles. The molecule has 0 saturated heterocycles.